The van der Waals surface area contributed by atoms with Crippen LogP contribution in [0.1, 0.15) is 15.2 Å². The van der Waals surface area contributed by atoms with Gasteiger partial charge in [0.2, 0.25) is 0 Å². The van der Waals surface area contributed by atoms with Crippen LogP contribution in [-0.4, -0.2) is 36.1 Å². The average Bonchev–Trinajstić information content (AvgIpc) is 3.43. The largest absolute Gasteiger partial charge is 0.497 e. The van der Waals surface area contributed by atoms with E-state index >= 15 is 0 Å². The van der Waals surface area contributed by atoms with Crippen molar-refractivity contribution in [2.45, 2.75) is 6.54 Å². The number of rotatable bonds is 9. The minimum atomic E-state index is -0.0879. The molecule has 4 aromatic rings. The number of H-pyrrole nitrogens is 1. The van der Waals surface area contributed by atoms with Crippen LogP contribution in [0.3, 0.4) is 0 Å². The Morgan fingerprint density at radius 2 is 2.10 bits per heavy atom. The van der Waals surface area contributed by atoms with Crippen molar-refractivity contribution in [2.24, 2.45) is 0 Å². The lowest BCUT2D eigenvalue weighted by Crippen LogP contribution is -2.31. The van der Waals surface area contributed by atoms with Crippen LogP contribution in [0.5, 0.6) is 5.75 Å². The van der Waals surface area contributed by atoms with Crippen molar-refractivity contribution < 1.29 is 9.53 Å². The summed E-state index contributed by atoms with van der Waals surface area (Å²) in [6.45, 7) is 1.93. The number of fused-ring (bicyclic) bond motifs is 1. The number of hydrogen-bond donors (Lipinski definition) is 4. The summed E-state index contributed by atoms with van der Waals surface area (Å²) < 4.78 is 5.23. The molecule has 0 aliphatic heterocycles. The Morgan fingerprint density at radius 3 is 3.00 bits per heavy atom. The highest BCUT2D eigenvalue weighted by atomic mass is 32.1. The minimum Gasteiger partial charge on any atom is -0.497 e. The zero-order valence-electron chi connectivity index (χ0n) is 16.6. The van der Waals surface area contributed by atoms with E-state index in [9.17, 15) is 4.79 Å². The lowest BCUT2D eigenvalue weighted by Gasteiger charge is -2.10. The van der Waals surface area contributed by atoms with Gasteiger partial charge in [-0.15, -0.1) is 11.3 Å². The zero-order chi connectivity index (χ0) is 20.8. The second kappa shape index (κ2) is 9.43. The van der Waals surface area contributed by atoms with Gasteiger partial charge in [0.1, 0.15) is 16.3 Å². The SMILES string of the molecule is COc1cccc(CNCCNC(=O)c2sccc2Nc2ccnc3[nH]ccc23)c1. The van der Waals surface area contributed by atoms with Gasteiger partial charge in [-0.25, -0.2) is 4.98 Å². The number of aromatic amines is 1. The lowest BCUT2D eigenvalue weighted by molar-refractivity contribution is 0.0958. The summed E-state index contributed by atoms with van der Waals surface area (Å²) in [6, 6.07) is 13.7. The molecule has 0 aliphatic carbocycles. The van der Waals surface area contributed by atoms with Crippen molar-refractivity contribution in [3.8, 4) is 5.75 Å². The first kappa shape index (κ1) is 19.9. The van der Waals surface area contributed by atoms with Gasteiger partial charge < -0.3 is 25.7 Å². The number of carbonyl (C=O) groups is 1. The monoisotopic (exact) mass is 421 g/mol. The van der Waals surface area contributed by atoms with Crippen LogP contribution in [0.15, 0.2) is 60.2 Å². The molecule has 0 bridgehead atoms. The molecule has 0 radical (unpaired) electrons. The van der Waals surface area contributed by atoms with Crippen molar-refractivity contribution >= 4 is 39.7 Å². The lowest BCUT2D eigenvalue weighted by atomic mass is 10.2. The number of thiophene rings is 1. The van der Waals surface area contributed by atoms with Crippen molar-refractivity contribution in [3.63, 3.8) is 0 Å². The highest BCUT2D eigenvalue weighted by Crippen LogP contribution is 2.29. The predicted molar refractivity (Wildman–Crippen MR) is 121 cm³/mol. The van der Waals surface area contributed by atoms with Gasteiger partial charge in [0.25, 0.3) is 5.91 Å². The molecule has 0 spiro atoms. The van der Waals surface area contributed by atoms with Crippen LogP contribution in [-0.2, 0) is 6.54 Å². The maximum absolute atomic E-state index is 12.6. The van der Waals surface area contributed by atoms with Gasteiger partial charge in [0.05, 0.1) is 18.5 Å². The second-order valence-electron chi connectivity index (χ2n) is 6.67. The maximum atomic E-state index is 12.6. The predicted octanol–water partition coefficient (Wildman–Crippen LogP) is 3.90. The topological polar surface area (TPSA) is 91.1 Å². The smallest absolute Gasteiger partial charge is 0.263 e. The van der Waals surface area contributed by atoms with Crippen molar-refractivity contribution in [3.05, 3.63) is 70.7 Å². The summed E-state index contributed by atoms with van der Waals surface area (Å²) in [7, 11) is 1.66. The number of nitrogens with one attached hydrogen (secondary N) is 4. The molecule has 0 saturated heterocycles. The molecule has 30 heavy (non-hydrogen) atoms. The number of ether oxygens (including phenoxy) is 1. The molecule has 1 aromatic carbocycles. The normalized spacial score (nSPS) is 10.8. The number of nitrogens with zero attached hydrogens (tertiary/aromatic N) is 1. The Morgan fingerprint density at radius 1 is 1.17 bits per heavy atom. The number of hydrogen-bond acceptors (Lipinski definition) is 6. The second-order valence-corrected chi connectivity index (χ2v) is 7.59. The van der Waals surface area contributed by atoms with Crippen LogP contribution in [0, 0.1) is 0 Å². The Bertz CT molecular complexity index is 1140. The minimum absolute atomic E-state index is 0.0879. The molecule has 3 aromatic heterocycles. The number of pyridine rings is 1. The molecule has 0 unspecified atom stereocenters. The summed E-state index contributed by atoms with van der Waals surface area (Å²) in [5.74, 6) is 0.751. The molecule has 4 rings (SSSR count). The Hall–Kier alpha value is -3.36. The van der Waals surface area contributed by atoms with E-state index in [0.717, 1.165) is 33.7 Å². The number of anilines is 2. The fourth-order valence-corrected chi connectivity index (χ4v) is 3.92. The maximum Gasteiger partial charge on any atom is 0.263 e. The number of benzene rings is 1. The standard InChI is InChI=1S/C22H23N5O2S/c1-29-16-4-2-3-15(13-16)14-23-10-11-26-22(28)20-19(7-12-30-20)27-18-6-9-25-21-17(18)5-8-24-21/h2-9,12-13,23H,10-11,14H2,1H3,(H,26,28)(H2,24,25,27). The van der Waals surface area contributed by atoms with Gasteiger partial charge in [-0.1, -0.05) is 12.1 Å². The molecule has 0 aliphatic rings. The van der Waals surface area contributed by atoms with E-state index < -0.39 is 0 Å². The first-order chi connectivity index (χ1) is 14.7. The summed E-state index contributed by atoms with van der Waals surface area (Å²) in [5, 5.41) is 12.6. The van der Waals surface area contributed by atoms with Crippen molar-refractivity contribution in [1.29, 1.82) is 0 Å². The van der Waals surface area contributed by atoms with E-state index in [4.69, 9.17) is 4.74 Å². The molecule has 3 heterocycles. The highest BCUT2D eigenvalue weighted by Gasteiger charge is 2.14. The average molecular weight is 422 g/mol. The van der Waals surface area contributed by atoms with Crippen molar-refractivity contribution in [2.75, 3.05) is 25.5 Å². The summed E-state index contributed by atoms with van der Waals surface area (Å²) in [4.78, 5) is 20.7. The van der Waals surface area contributed by atoms with Crippen LogP contribution in [0.25, 0.3) is 11.0 Å². The van der Waals surface area contributed by atoms with E-state index in [0.29, 0.717) is 24.5 Å². The summed E-state index contributed by atoms with van der Waals surface area (Å²) in [6.07, 6.45) is 3.59. The van der Waals surface area contributed by atoms with Crippen LogP contribution in [0.2, 0.25) is 0 Å². The number of amides is 1. The first-order valence-corrected chi connectivity index (χ1v) is 10.5. The molecule has 8 heteroatoms. The van der Waals surface area contributed by atoms with Crippen LogP contribution < -0.4 is 20.7 Å². The number of aromatic nitrogens is 2. The van der Waals surface area contributed by atoms with E-state index in [1.165, 1.54) is 11.3 Å². The summed E-state index contributed by atoms with van der Waals surface area (Å²) >= 11 is 1.42. The van der Waals surface area contributed by atoms with Gasteiger partial charge in [0.15, 0.2) is 0 Å². The molecule has 1 amide bonds. The molecule has 154 valence electrons. The zero-order valence-corrected chi connectivity index (χ0v) is 17.4. The third-order valence-electron chi connectivity index (χ3n) is 4.65. The van der Waals surface area contributed by atoms with E-state index in [1.807, 2.05) is 54.0 Å². The highest BCUT2D eigenvalue weighted by molar-refractivity contribution is 7.12. The van der Waals surface area contributed by atoms with Crippen LogP contribution >= 0.6 is 11.3 Å². The first-order valence-electron chi connectivity index (χ1n) is 9.63. The fourth-order valence-electron chi connectivity index (χ4n) is 3.16. The molecule has 7 nitrogen and oxygen atoms in total. The fraction of sp³-hybridized carbons (Fsp3) is 0.182. The van der Waals surface area contributed by atoms with E-state index in [1.54, 1.807) is 13.3 Å². The molecule has 0 fully saturated rings. The van der Waals surface area contributed by atoms with Gasteiger partial charge >= 0.3 is 0 Å². The Balaban J connectivity index is 1.29. The molecular weight excluding hydrogens is 398 g/mol. The van der Waals surface area contributed by atoms with E-state index in [2.05, 4.69) is 25.9 Å². The van der Waals surface area contributed by atoms with Gasteiger partial charge in [-0.3, -0.25) is 4.79 Å². The third-order valence-corrected chi connectivity index (χ3v) is 5.56. The molecule has 0 atom stereocenters. The quantitative estimate of drug-likeness (QED) is 0.308. The van der Waals surface area contributed by atoms with Crippen molar-refractivity contribution in [1.82, 2.24) is 20.6 Å². The van der Waals surface area contributed by atoms with E-state index in [-0.39, 0.29) is 5.91 Å². The number of carbonyl (C=O) groups excluding carboxylic acids is 1. The van der Waals surface area contributed by atoms with Gasteiger partial charge in [0, 0.05) is 37.4 Å². The Labute approximate surface area is 178 Å². The third kappa shape index (κ3) is 4.61. The van der Waals surface area contributed by atoms with Gasteiger partial charge in [-0.2, -0.15) is 0 Å². The molecule has 4 N–H and O–H groups in total. The molecule has 0 saturated carbocycles. The van der Waals surface area contributed by atoms with Gasteiger partial charge in [-0.05, 0) is 41.3 Å². The van der Waals surface area contributed by atoms with Crippen LogP contribution in [0.4, 0.5) is 11.4 Å². The molecular formula is C22H23N5O2S. The number of methoxy groups -OCH3 is 1. The summed E-state index contributed by atoms with van der Waals surface area (Å²) in [5.41, 5.74) is 3.64. The Kier molecular flexibility index (Phi) is 6.26.